The number of hydrogen-bond acceptors (Lipinski definition) is 4. The molecule has 0 aliphatic carbocycles. The standard InChI is InChI=1S/C13H20N2O3S2/c1-2-4-12(16)15-8-6-11(7-9-15)14-20(17,18)13-5-3-10-19-13/h3,5,10-11,14H,2,4,6-9H2,1H3. The Balaban J connectivity index is 1.87. The Kier molecular flexibility index (Phi) is 5.17. The Labute approximate surface area is 124 Å². The summed E-state index contributed by atoms with van der Waals surface area (Å²) in [5, 5.41) is 1.75. The van der Waals surface area contributed by atoms with Gasteiger partial charge in [0.15, 0.2) is 0 Å². The minimum absolute atomic E-state index is 0.0761. The molecule has 2 heterocycles. The molecule has 1 amide bonds. The van der Waals surface area contributed by atoms with Crippen molar-refractivity contribution >= 4 is 27.3 Å². The van der Waals surface area contributed by atoms with Gasteiger partial charge in [0.25, 0.3) is 0 Å². The molecule has 1 saturated heterocycles. The second-order valence-corrected chi connectivity index (χ2v) is 7.85. The zero-order valence-corrected chi connectivity index (χ0v) is 13.2. The molecule has 1 fully saturated rings. The molecule has 1 aromatic heterocycles. The summed E-state index contributed by atoms with van der Waals surface area (Å²) in [6.07, 6.45) is 2.79. The van der Waals surface area contributed by atoms with E-state index in [0.29, 0.717) is 36.6 Å². The third kappa shape index (κ3) is 3.80. The first kappa shape index (κ1) is 15.5. The van der Waals surface area contributed by atoms with Crippen LogP contribution in [0.3, 0.4) is 0 Å². The highest BCUT2D eigenvalue weighted by Crippen LogP contribution is 2.19. The van der Waals surface area contributed by atoms with Crippen molar-refractivity contribution in [3.8, 4) is 0 Å². The molecule has 1 aliphatic rings. The van der Waals surface area contributed by atoms with Crippen molar-refractivity contribution in [2.24, 2.45) is 0 Å². The summed E-state index contributed by atoms with van der Waals surface area (Å²) in [5.74, 6) is 0.173. The summed E-state index contributed by atoms with van der Waals surface area (Å²) < 4.78 is 27.3. The average molecular weight is 316 g/mol. The van der Waals surface area contributed by atoms with Crippen LogP contribution in [-0.2, 0) is 14.8 Å². The van der Waals surface area contributed by atoms with Crippen LogP contribution in [0.4, 0.5) is 0 Å². The van der Waals surface area contributed by atoms with E-state index in [4.69, 9.17) is 0 Å². The minimum atomic E-state index is -3.40. The molecule has 112 valence electrons. The molecule has 5 nitrogen and oxygen atoms in total. The molecule has 20 heavy (non-hydrogen) atoms. The van der Waals surface area contributed by atoms with Crippen LogP contribution in [0.5, 0.6) is 0 Å². The van der Waals surface area contributed by atoms with E-state index in [-0.39, 0.29) is 11.9 Å². The highest BCUT2D eigenvalue weighted by Gasteiger charge is 2.26. The minimum Gasteiger partial charge on any atom is -0.343 e. The topological polar surface area (TPSA) is 66.5 Å². The van der Waals surface area contributed by atoms with E-state index < -0.39 is 10.0 Å². The number of rotatable bonds is 5. The Morgan fingerprint density at radius 3 is 2.70 bits per heavy atom. The van der Waals surface area contributed by atoms with Gasteiger partial charge in [-0.2, -0.15) is 0 Å². The van der Waals surface area contributed by atoms with Crippen molar-refractivity contribution in [3.63, 3.8) is 0 Å². The summed E-state index contributed by atoms with van der Waals surface area (Å²) in [6.45, 7) is 3.26. The van der Waals surface area contributed by atoms with Crippen molar-refractivity contribution in [1.82, 2.24) is 9.62 Å². The Morgan fingerprint density at radius 1 is 1.45 bits per heavy atom. The van der Waals surface area contributed by atoms with Gasteiger partial charge in [0.2, 0.25) is 15.9 Å². The van der Waals surface area contributed by atoms with Crippen LogP contribution in [-0.4, -0.2) is 38.4 Å². The predicted octanol–water partition coefficient (Wildman–Crippen LogP) is 1.82. The van der Waals surface area contributed by atoms with Crippen LogP contribution in [0.1, 0.15) is 32.6 Å². The molecule has 0 spiro atoms. The van der Waals surface area contributed by atoms with Crippen molar-refractivity contribution in [2.45, 2.75) is 42.9 Å². The normalized spacial score (nSPS) is 17.4. The molecular weight excluding hydrogens is 296 g/mol. The zero-order valence-electron chi connectivity index (χ0n) is 11.5. The highest BCUT2D eigenvalue weighted by molar-refractivity contribution is 7.91. The highest BCUT2D eigenvalue weighted by atomic mass is 32.2. The number of hydrogen-bond donors (Lipinski definition) is 1. The lowest BCUT2D eigenvalue weighted by Crippen LogP contribution is -2.46. The van der Waals surface area contributed by atoms with Crippen LogP contribution in [0.2, 0.25) is 0 Å². The average Bonchev–Trinajstić information content (AvgIpc) is 2.94. The quantitative estimate of drug-likeness (QED) is 0.901. The molecular formula is C13H20N2O3S2. The first-order valence-electron chi connectivity index (χ1n) is 6.86. The van der Waals surface area contributed by atoms with Crippen molar-refractivity contribution in [1.29, 1.82) is 0 Å². The van der Waals surface area contributed by atoms with E-state index in [9.17, 15) is 13.2 Å². The molecule has 0 aromatic carbocycles. The third-order valence-corrected chi connectivity index (χ3v) is 6.31. The fraction of sp³-hybridized carbons (Fsp3) is 0.615. The first-order chi connectivity index (χ1) is 9.53. The fourth-order valence-electron chi connectivity index (χ4n) is 2.31. The van der Waals surface area contributed by atoms with Crippen molar-refractivity contribution < 1.29 is 13.2 Å². The van der Waals surface area contributed by atoms with Crippen LogP contribution >= 0.6 is 11.3 Å². The Bertz CT molecular complexity index is 532. The number of likely N-dealkylation sites (tertiary alicyclic amines) is 1. The molecule has 1 N–H and O–H groups in total. The van der Waals surface area contributed by atoms with E-state index in [1.165, 1.54) is 11.3 Å². The molecule has 0 unspecified atom stereocenters. The van der Waals surface area contributed by atoms with Gasteiger partial charge in [0.05, 0.1) is 0 Å². The van der Waals surface area contributed by atoms with E-state index >= 15 is 0 Å². The van der Waals surface area contributed by atoms with Gasteiger partial charge in [-0.3, -0.25) is 4.79 Å². The lowest BCUT2D eigenvalue weighted by Gasteiger charge is -2.32. The van der Waals surface area contributed by atoms with Crippen molar-refractivity contribution in [3.05, 3.63) is 17.5 Å². The SMILES string of the molecule is CCCC(=O)N1CCC(NS(=O)(=O)c2cccs2)CC1. The summed E-state index contributed by atoms with van der Waals surface area (Å²) in [4.78, 5) is 13.6. The predicted molar refractivity (Wildman–Crippen MR) is 79.2 cm³/mol. The number of carbonyl (C=O) groups excluding carboxylic acids is 1. The van der Waals surface area contributed by atoms with Gasteiger partial charge in [0, 0.05) is 25.6 Å². The van der Waals surface area contributed by atoms with E-state index in [0.717, 1.165) is 6.42 Å². The lowest BCUT2D eigenvalue weighted by atomic mass is 10.1. The maximum absolute atomic E-state index is 12.1. The molecule has 7 heteroatoms. The number of thiophene rings is 1. The number of nitrogens with one attached hydrogen (secondary N) is 1. The third-order valence-electron chi connectivity index (χ3n) is 3.39. The van der Waals surface area contributed by atoms with E-state index in [1.54, 1.807) is 17.5 Å². The van der Waals surface area contributed by atoms with Crippen LogP contribution in [0.25, 0.3) is 0 Å². The zero-order chi connectivity index (χ0) is 14.6. The van der Waals surface area contributed by atoms with Crippen LogP contribution in [0.15, 0.2) is 21.7 Å². The lowest BCUT2D eigenvalue weighted by molar-refractivity contribution is -0.132. The number of nitrogens with zero attached hydrogens (tertiary/aromatic N) is 1. The van der Waals surface area contributed by atoms with Gasteiger partial charge in [-0.1, -0.05) is 13.0 Å². The second-order valence-electron chi connectivity index (χ2n) is 4.96. The van der Waals surface area contributed by atoms with Gasteiger partial charge in [-0.25, -0.2) is 13.1 Å². The largest absolute Gasteiger partial charge is 0.343 e. The molecule has 0 atom stereocenters. The Morgan fingerprint density at radius 2 is 2.15 bits per heavy atom. The maximum Gasteiger partial charge on any atom is 0.250 e. The maximum atomic E-state index is 12.1. The van der Waals surface area contributed by atoms with Crippen molar-refractivity contribution in [2.75, 3.05) is 13.1 Å². The first-order valence-corrected chi connectivity index (χ1v) is 9.23. The van der Waals surface area contributed by atoms with Gasteiger partial charge in [-0.05, 0) is 30.7 Å². The molecule has 0 radical (unpaired) electrons. The molecule has 1 aliphatic heterocycles. The molecule has 2 rings (SSSR count). The van der Waals surface area contributed by atoms with E-state index in [1.807, 2.05) is 11.8 Å². The molecule has 1 aromatic rings. The molecule has 0 bridgehead atoms. The molecule has 0 saturated carbocycles. The Hall–Kier alpha value is -0.920. The number of amides is 1. The summed E-state index contributed by atoms with van der Waals surface area (Å²) in [7, 11) is -3.40. The van der Waals surface area contributed by atoms with Gasteiger partial charge < -0.3 is 4.90 Å². The van der Waals surface area contributed by atoms with Crippen LogP contribution < -0.4 is 4.72 Å². The summed E-state index contributed by atoms with van der Waals surface area (Å²) in [6, 6.07) is 3.26. The van der Waals surface area contributed by atoms with Gasteiger partial charge in [0.1, 0.15) is 4.21 Å². The summed E-state index contributed by atoms with van der Waals surface area (Å²) >= 11 is 1.22. The number of piperidine rings is 1. The van der Waals surface area contributed by atoms with E-state index in [2.05, 4.69) is 4.72 Å². The smallest absolute Gasteiger partial charge is 0.250 e. The van der Waals surface area contributed by atoms with Gasteiger partial charge in [-0.15, -0.1) is 11.3 Å². The van der Waals surface area contributed by atoms with Gasteiger partial charge >= 0.3 is 0 Å². The monoisotopic (exact) mass is 316 g/mol. The number of sulfonamides is 1. The summed E-state index contributed by atoms with van der Waals surface area (Å²) in [5.41, 5.74) is 0. The fourth-order valence-corrected chi connectivity index (χ4v) is 4.63. The second kappa shape index (κ2) is 6.69. The number of carbonyl (C=O) groups is 1. The van der Waals surface area contributed by atoms with Crippen LogP contribution in [0, 0.1) is 0 Å².